The van der Waals surface area contributed by atoms with Gasteiger partial charge in [-0.3, -0.25) is 14.6 Å². The smallest absolute Gasteiger partial charge is 0.222 e. The fraction of sp³-hybridized carbons (Fsp3) is 0.542. The molecule has 28 heavy (non-hydrogen) atoms. The number of rotatable bonds is 3. The number of fused-ring (bicyclic) bond motifs is 1. The predicted molar refractivity (Wildman–Crippen MR) is 115 cm³/mol. The number of likely N-dealkylation sites (N-methyl/N-ethyl adjacent to an activating group) is 1. The van der Waals surface area contributed by atoms with Gasteiger partial charge in [-0.2, -0.15) is 0 Å². The SMILES string of the molecule is CCN1CC[C@]2(CCC1=O)CN(Cc1ccc(C)c3ccccc13)CCN2C. The molecule has 1 atom stereocenters. The van der Waals surface area contributed by atoms with Gasteiger partial charge in [0.25, 0.3) is 0 Å². The van der Waals surface area contributed by atoms with E-state index in [9.17, 15) is 4.79 Å². The maximum absolute atomic E-state index is 12.4. The van der Waals surface area contributed by atoms with Crippen LogP contribution in [0.5, 0.6) is 0 Å². The quantitative estimate of drug-likeness (QED) is 0.814. The fourth-order valence-electron chi connectivity index (χ4n) is 5.14. The van der Waals surface area contributed by atoms with E-state index in [1.54, 1.807) is 0 Å². The first-order valence-electron chi connectivity index (χ1n) is 10.7. The number of hydrogen-bond donors (Lipinski definition) is 0. The van der Waals surface area contributed by atoms with E-state index in [4.69, 9.17) is 0 Å². The maximum Gasteiger partial charge on any atom is 0.222 e. The number of hydrogen-bond acceptors (Lipinski definition) is 3. The van der Waals surface area contributed by atoms with E-state index in [1.165, 1.54) is 21.9 Å². The number of aryl methyl sites for hydroxylation is 1. The molecule has 0 N–H and O–H groups in total. The van der Waals surface area contributed by atoms with Crippen molar-refractivity contribution in [3.05, 3.63) is 47.5 Å². The van der Waals surface area contributed by atoms with E-state index in [1.807, 2.05) is 4.90 Å². The zero-order valence-corrected chi connectivity index (χ0v) is 17.6. The van der Waals surface area contributed by atoms with Crippen LogP contribution in [0.1, 0.15) is 37.3 Å². The molecule has 2 heterocycles. The van der Waals surface area contributed by atoms with Crippen molar-refractivity contribution in [2.45, 2.75) is 45.2 Å². The molecule has 4 nitrogen and oxygen atoms in total. The predicted octanol–water partition coefficient (Wildman–Crippen LogP) is 3.67. The van der Waals surface area contributed by atoms with Gasteiger partial charge in [-0.25, -0.2) is 0 Å². The summed E-state index contributed by atoms with van der Waals surface area (Å²) >= 11 is 0. The van der Waals surface area contributed by atoms with Crippen LogP contribution < -0.4 is 0 Å². The van der Waals surface area contributed by atoms with Crippen molar-refractivity contribution in [1.29, 1.82) is 0 Å². The summed E-state index contributed by atoms with van der Waals surface area (Å²) in [6.07, 6.45) is 2.73. The summed E-state index contributed by atoms with van der Waals surface area (Å²) < 4.78 is 0. The molecule has 0 saturated carbocycles. The van der Waals surface area contributed by atoms with Crippen LogP contribution in [0.3, 0.4) is 0 Å². The summed E-state index contributed by atoms with van der Waals surface area (Å²) in [5, 5.41) is 2.74. The Morgan fingerprint density at radius 1 is 1.00 bits per heavy atom. The van der Waals surface area contributed by atoms with Crippen LogP contribution in [0.4, 0.5) is 0 Å². The number of piperazine rings is 1. The average molecular weight is 380 g/mol. The third-order valence-electron chi connectivity index (χ3n) is 7.09. The van der Waals surface area contributed by atoms with Gasteiger partial charge in [0.1, 0.15) is 0 Å². The maximum atomic E-state index is 12.4. The molecule has 2 aliphatic heterocycles. The second-order valence-electron chi connectivity index (χ2n) is 8.67. The summed E-state index contributed by atoms with van der Waals surface area (Å²) in [7, 11) is 2.25. The lowest BCUT2D eigenvalue weighted by Crippen LogP contribution is -2.60. The summed E-state index contributed by atoms with van der Waals surface area (Å²) in [5.41, 5.74) is 2.88. The number of nitrogens with zero attached hydrogens (tertiary/aromatic N) is 3. The first-order chi connectivity index (χ1) is 13.5. The van der Waals surface area contributed by atoms with Crippen molar-refractivity contribution in [1.82, 2.24) is 14.7 Å². The summed E-state index contributed by atoms with van der Waals surface area (Å²) in [6, 6.07) is 13.3. The first kappa shape index (κ1) is 19.4. The molecule has 150 valence electrons. The monoisotopic (exact) mass is 379 g/mol. The third kappa shape index (κ3) is 3.56. The highest BCUT2D eigenvalue weighted by Gasteiger charge is 2.42. The topological polar surface area (TPSA) is 26.8 Å². The Labute approximate surface area is 169 Å². The van der Waals surface area contributed by atoms with Gasteiger partial charge in [-0.1, -0.05) is 36.4 Å². The molecule has 2 aliphatic rings. The van der Waals surface area contributed by atoms with Gasteiger partial charge in [0.15, 0.2) is 0 Å². The number of likely N-dealkylation sites (tertiary alicyclic amines) is 1. The first-order valence-corrected chi connectivity index (χ1v) is 10.7. The zero-order valence-electron chi connectivity index (χ0n) is 17.6. The molecule has 1 spiro atoms. The van der Waals surface area contributed by atoms with Crippen LogP contribution in [0.15, 0.2) is 36.4 Å². The van der Waals surface area contributed by atoms with E-state index < -0.39 is 0 Å². The van der Waals surface area contributed by atoms with Gasteiger partial charge in [0.05, 0.1) is 0 Å². The van der Waals surface area contributed by atoms with Crippen molar-refractivity contribution in [3.63, 3.8) is 0 Å². The number of amides is 1. The molecule has 0 aliphatic carbocycles. The van der Waals surface area contributed by atoms with Crippen molar-refractivity contribution in [3.8, 4) is 0 Å². The minimum atomic E-state index is 0.123. The molecule has 2 saturated heterocycles. The highest BCUT2D eigenvalue weighted by molar-refractivity contribution is 5.88. The molecular formula is C24H33N3O. The van der Waals surface area contributed by atoms with Gasteiger partial charge < -0.3 is 4.90 Å². The van der Waals surface area contributed by atoms with Gasteiger partial charge in [0, 0.05) is 51.2 Å². The van der Waals surface area contributed by atoms with Gasteiger partial charge in [-0.05, 0) is 55.6 Å². The Morgan fingerprint density at radius 3 is 2.57 bits per heavy atom. The Kier molecular flexibility index (Phi) is 5.44. The van der Waals surface area contributed by atoms with Gasteiger partial charge >= 0.3 is 0 Å². The molecular weight excluding hydrogens is 346 g/mol. The zero-order chi connectivity index (χ0) is 19.7. The Bertz CT molecular complexity index is 864. The number of benzene rings is 2. The van der Waals surface area contributed by atoms with Crippen LogP contribution in [0.2, 0.25) is 0 Å². The Balaban J connectivity index is 1.56. The van der Waals surface area contributed by atoms with E-state index in [-0.39, 0.29) is 5.54 Å². The van der Waals surface area contributed by atoms with Crippen molar-refractivity contribution in [2.24, 2.45) is 0 Å². The summed E-state index contributed by atoms with van der Waals surface area (Å²) in [4.78, 5) is 19.6. The molecule has 0 aromatic heterocycles. The van der Waals surface area contributed by atoms with Crippen LogP contribution in [-0.4, -0.2) is 65.9 Å². The third-order valence-corrected chi connectivity index (χ3v) is 7.09. The largest absolute Gasteiger partial charge is 0.343 e. The highest BCUT2D eigenvalue weighted by Crippen LogP contribution is 2.33. The van der Waals surface area contributed by atoms with Crippen molar-refractivity contribution >= 4 is 16.7 Å². The van der Waals surface area contributed by atoms with Crippen LogP contribution in [-0.2, 0) is 11.3 Å². The molecule has 0 unspecified atom stereocenters. The van der Waals surface area contributed by atoms with Crippen LogP contribution in [0, 0.1) is 6.92 Å². The van der Waals surface area contributed by atoms with E-state index >= 15 is 0 Å². The number of carbonyl (C=O) groups excluding carboxylic acids is 1. The molecule has 0 bridgehead atoms. The molecule has 4 rings (SSSR count). The minimum Gasteiger partial charge on any atom is -0.343 e. The molecule has 4 heteroatoms. The molecule has 2 aromatic carbocycles. The normalized spacial score (nSPS) is 24.8. The van der Waals surface area contributed by atoms with Crippen LogP contribution in [0.25, 0.3) is 10.8 Å². The average Bonchev–Trinajstić information content (AvgIpc) is 2.87. The number of carbonyl (C=O) groups is 1. The van der Waals surface area contributed by atoms with Crippen molar-refractivity contribution < 1.29 is 4.79 Å². The second-order valence-corrected chi connectivity index (χ2v) is 8.67. The second kappa shape index (κ2) is 7.84. The fourth-order valence-corrected chi connectivity index (χ4v) is 5.14. The lowest BCUT2D eigenvalue weighted by atomic mass is 9.86. The molecule has 2 aromatic rings. The highest BCUT2D eigenvalue weighted by atomic mass is 16.2. The van der Waals surface area contributed by atoms with Gasteiger partial charge in [-0.15, -0.1) is 0 Å². The molecule has 0 radical (unpaired) electrons. The van der Waals surface area contributed by atoms with E-state index in [0.717, 1.165) is 52.1 Å². The van der Waals surface area contributed by atoms with E-state index in [2.05, 4.69) is 67.1 Å². The van der Waals surface area contributed by atoms with E-state index in [0.29, 0.717) is 12.3 Å². The van der Waals surface area contributed by atoms with Gasteiger partial charge in [0.2, 0.25) is 5.91 Å². The standard InChI is InChI=1S/C24H33N3O/c1-4-27-14-13-24(12-11-23(27)28)18-26(16-15-25(24)3)17-20-10-9-19(2)21-7-5-6-8-22(20)21/h5-10H,4,11-18H2,1-3H3/t24-/m1/s1. The summed E-state index contributed by atoms with van der Waals surface area (Å²) in [6.45, 7) is 10.2. The minimum absolute atomic E-state index is 0.123. The Morgan fingerprint density at radius 2 is 1.79 bits per heavy atom. The molecule has 2 fully saturated rings. The Hall–Kier alpha value is -1.91. The van der Waals surface area contributed by atoms with Crippen molar-refractivity contribution in [2.75, 3.05) is 39.8 Å². The lowest BCUT2D eigenvalue weighted by molar-refractivity contribution is -0.130. The van der Waals surface area contributed by atoms with Crippen LogP contribution >= 0.6 is 0 Å². The summed E-state index contributed by atoms with van der Waals surface area (Å²) in [5.74, 6) is 0.328. The lowest BCUT2D eigenvalue weighted by Gasteiger charge is -2.49. The molecule has 1 amide bonds.